The van der Waals surface area contributed by atoms with E-state index in [1.165, 1.54) is 6.82 Å². The fourth-order valence-corrected chi connectivity index (χ4v) is 4.24. The van der Waals surface area contributed by atoms with Crippen molar-refractivity contribution in [3.63, 3.8) is 0 Å². The second-order valence-corrected chi connectivity index (χ2v) is 9.61. The molecule has 0 aliphatic rings. The Bertz CT molecular complexity index is 953. The lowest BCUT2D eigenvalue weighted by Crippen LogP contribution is -2.55. The molecule has 2 aromatic rings. The largest absolute Gasteiger partial charge is 0.481 e. The zero-order valence-electron chi connectivity index (χ0n) is 21.0. The number of amides is 1. The smallest absolute Gasteiger partial charge is 0.374 e. The highest BCUT2D eigenvalue weighted by Gasteiger charge is 2.33. The first-order valence-corrected chi connectivity index (χ1v) is 12.2. The van der Waals surface area contributed by atoms with Crippen molar-refractivity contribution in [2.75, 3.05) is 0 Å². The SMILES string of the molecule is CB(O)N[C@@H](C(=O)N[C@H](Cc1ccccc1)C(=O)C[C@H](CC(C)C)C(=O)O)[C@H](C)c1ccccc1. The van der Waals surface area contributed by atoms with Crippen molar-refractivity contribution >= 4 is 24.7 Å². The van der Waals surface area contributed by atoms with Crippen LogP contribution in [0.3, 0.4) is 0 Å². The maximum absolute atomic E-state index is 13.4. The van der Waals surface area contributed by atoms with Crippen LogP contribution >= 0.6 is 0 Å². The molecule has 4 atom stereocenters. The number of nitrogens with one attached hydrogen (secondary N) is 2. The van der Waals surface area contributed by atoms with Crippen LogP contribution in [-0.2, 0) is 20.8 Å². The van der Waals surface area contributed by atoms with E-state index < -0.39 is 36.9 Å². The predicted molar refractivity (Wildman–Crippen MR) is 138 cm³/mol. The van der Waals surface area contributed by atoms with Crippen LogP contribution in [0.5, 0.6) is 0 Å². The summed E-state index contributed by atoms with van der Waals surface area (Å²) >= 11 is 0. The van der Waals surface area contributed by atoms with E-state index in [4.69, 9.17) is 0 Å². The minimum absolute atomic E-state index is 0.123. The summed E-state index contributed by atoms with van der Waals surface area (Å²) in [7, 11) is -0.942. The van der Waals surface area contributed by atoms with E-state index in [0.29, 0.717) is 6.42 Å². The van der Waals surface area contributed by atoms with Gasteiger partial charge in [-0.05, 0) is 36.7 Å². The van der Waals surface area contributed by atoms with Crippen molar-refractivity contribution in [1.29, 1.82) is 0 Å². The second-order valence-electron chi connectivity index (χ2n) is 9.61. The fourth-order valence-electron chi connectivity index (χ4n) is 4.24. The molecule has 0 spiro atoms. The maximum atomic E-state index is 13.4. The zero-order valence-corrected chi connectivity index (χ0v) is 21.0. The molecule has 0 unspecified atom stereocenters. The van der Waals surface area contributed by atoms with Gasteiger partial charge in [0.1, 0.15) is 0 Å². The number of carbonyl (C=O) groups is 3. The number of benzene rings is 2. The Morgan fingerprint density at radius 3 is 2.03 bits per heavy atom. The monoisotopic (exact) mass is 480 g/mol. The van der Waals surface area contributed by atoms with Crippen LogP contribution in [0.4, 0.5) is 0 Å². The zero-order chi connectivity index (χ0) is 26.0. The van der Waals surface area contributed by atoms with E-state index in [1.807, 2.05) is 81.4 Å². The van der Waals surface area contributed by atoms with E-state index in [1.54, 1.807) is 0 Å². The van der Waals surface area contributed by atoms with Gasteiger partial charge in [0.2, 0.25) is 5.91 Å². The Kier molecular flexibility index (Phi) is 11.2. The summed E-state index contributed by atoms with van der Waals surface area (Å²) in [6.07, 6.45) is 0.471. The van der Waals surface area contributed by atoms with Crippen LogP contribution in [0.25, 0.3) is 0 Å². The van der Waals surface area contributed by atoms with E-state index in [2.05, 4.69) is 10.5 Å². The molecule has 0 fully saturated rings. The quantitative estimate of drug-likeness (QED) is 0.309. The third-order valence-electron chi connectivity index (χ3n) is 6.07. The summed E-state index contributed by atoms with van der Waals surface area (Å²) in [6.45, 7) is 7.25. The van der Waals surface area contributed by atoms with Crippen molar-refractivity contribution in [3.05, 3.63) is 71.8 Å². The van der Waals surface area contributed by atoms with Crippen LogP contribution in [0.2, 0.25) is 6.82 Å². The van der Waals surface area contributed by atoms with Crippen molar-refractivity contribution < 1.29 is 24.5 Å². The normalized spacial score (nSPS) is 14.6. The van der Waals surface area contributed by atoms with Gasteiger partial charge in [0.25, 0.3) is 0 Å². The van der Waals surface area contributed by atoms with Gasteiger partial charge in [-0.15, -0.1) is 0 Å². The molecule has 0 aliphatic carbocycles. The third-order valence-corrected chi connectivity index (χ3v) is 6.07. The van der Waals surface area contributed by atoms with Gasteiger partial charge in [-0.1, -0.05) is 81.4 Å². The molecule has 0 saturated heterocycles. The van der Waals surface area contributed by atoms with Crippen LogP contribution in [0.15, 0.2) is 60.7 Å². The summed E-state index contributed by atoms with van der Waals surface area (Å²) < 4.78 is 0. The molecule has 188 valence electrons. The van der Waals surface area contributed by atoms with Crippen molar-refractivity contribution in [2.24, 2.45) is 11.8 Å². The van der Waals surface area contributed by atoms with Crippen LogP contribution in [0.1, 0.15) is 50.7 Å². The molecule has 35 heavy (non-hydrogen) atoms. The summed E-state index contributed by atoms with van der Waals surface area (Å²) in [5, 5.41) is 25.4. The highest BCUT2D eigenvalue weighted by molar-refractivity contribution is 6.46. The number of carbonyl (C=O) groups excluding carboxylic acids is 2. The average molecular weight is 480 g/mol. The topological polar surface area (TPSA) is 116 Å². The van der Waals surface area contributed by atoms with Gasteiger partial charge in [-0.2, -0.15) is 0 Å². The minimum Gasteiger partial charge on any atom is -0.481 e. The molecule has 0 aliphatic heterocycles. The number of hydrogen-bond donors (Lipinski definition) is 4. The number of carboxylic acid groups (broad SMARTS) is 1. The molecule has 0 heterocycles. The molecule has 0 aromatic heterocycles. The lowest BCUT2D eigenvalue weighted by Gasteiger charge is -2.28. The number of ketones is 1. The van der Waals surface area contributed by atoms with E-state index in [9.17, 15) is 24.5 Å². The highest BCUT2D eigenvalue weighted by atomic mass is 16.4. The van der Waals surface area contributed by atoms with Crippen molar-refractivity contribution in [1.82, 2.24) is 10.5 Å². The molecule has 0 radical (unpaired) electrons. The number of Topliss-reactive ketones (excluding diaryl/α,β-unsaturated/α-hetero) is 1. The van der Waals surface area contributed by atoms with E-state index in [-0.39, 0.29) is 30.5 Å². The third kappa shape index (κ3) is 9.30. The Balaban J connectivity index is 2.29. The van der Waals surface area contributed by atoms with Gasteiger partial charge in [0.05, 0.1) is 18.0 Å². The second kappa shape index (κ2) is 13.8. The van der Waals surface area contributed by atoms with E-state index >= 15 is 0 Å². The molecule has 4 N–H and O–H groups in total. The lowest BCUT2D eigenvalue weighted by atomic mass is 9.82. The van der Waals surface area contributed by atoms with Crippen LogP contribution in [0, 0.1) is 11.8 Å². The van der Waals surface area contributed by atoms with Gasteiger partial charge in [0, 0.05) is 12.3 Å². The molecular formula is C27H37BN2O5. The first-order valence-electron chi connectivity index (χ1n) is 12.2. The molecule has 2 rings (SSSR count). The summed E-state index contributed by atoms with van der Waals surface area (Å²) in [5.41, 5.74) is 1.77. The van der Waals surface area contributed by atoms with E-state index in [0.717, 1.165) is 11.1 Å². The standard InChI is InChI=1S/C27H37BN2O5/c1-18(2)15-22(27(33)34)17-24(31)23(16-20-11-7-5-8-12-20)29-26(32)25(30-28(4)35)19(3)21-13-9-6-10-14-21/h5-14,18-19,22-23,25,30,35H,15-17H2,1-4H3,(H,29,32)(H,33,34)/t19-,22+,23-,25-/m1/s1. The fraction of sp³-hybridized carbons (Fsp3) is 0.444. The average Bonchev–Trinajstić information content (AvgIpc) is 2.81. The van der Waals surface area contributed by atoms with Gasteiger partial charge >= 0.3 is 13.0 Å². The van der Waals surface area contributed by atoms with Crippen molar-refractivity contribution in [3.8, 4) is 0 Å². The van der Waals surface area contributed by atoms with Gasteiger partial charge < -0.3 is 20.7 Å². The molecule has 1 amide bonds. The van der Waals surface area contributed by atoms with Gasteiger partial charge in [-0.25, -0.2) is 0 Å². The highest BCUT2D eigenvalue weighted by Crippen LogP contribution is 2.21. The molecular weight excluding hydrogens is 443 g/mol. The maximum Gasteiger partial charge on any atom is 0.374 e. The Labute approximate surface area is 208 Å². The minimum atomic E-state index is -1.01. The van der Waals surface area contributed by atoms with Crippen LogP contribution in [-0.4, -0.2) is 46.9 Å². The molecule has 0 saturated carbocycles. The summed E-state index contributed by atoms with van der Waals surface area (Å²) in [5.74, 6) is -2.73. The number of rotatable bonds is 14. The van der Waals surface area contributed by atoms with Gasteiger partial charge in [0.15, 0.2) is 5.78 Å². The van der Waals surface area contributed by atoms with Gasteiger partial charge in [-0.3, -0.25) is 14.4 Å². The molecule has 2 aromatic carbocycles. The van der Waals surface area contributed by atoms with Crippen molar-refractivity contribution in [2.45, 2.75) is 64.9 Å². The number of hydrogen-bond acceptors (Lipinski definition) is 5. The van der Waals surface area contributed by atoms with Crippen LogP contribution < -0.4 is 10.5 Å². The summed E-state index contributed by atoms with van der Waals surface area (Å²) in [6, 6.07) is 17.1. The summed E-state index contributed by atoms with van der Waals surface area (Å²) in [4.78, 5) is 38.5. The molecule has 7 nitrogen and oxygen atoms in total. The lowest BCUT2D eigenvalue weighted by molar-refractivity contribution is -0.144. The number of carboxylic acids is 1. The Morgan fingerprint density at radius 1 is 0.943 bits per heavy atom. The first-order chi connectivity index (χ1) is 16.6. The Hall–Kier alpha value is -2.97. The Morgan fingerprint density at radius 2 is 1.51 bits per heavy atom. The predicted octanol–water partition coefficient (Wildman–Crippen LogP) is 3.29. The molecule has 0 bridgehead atoms. The molecule has 8 heteroatoms. The number of aliphatic carboxylic acids is 1. The first kappa shape index (κ1) is 28.3.